The summed E-state index contributed by atoms with van der Waals surface area (Å²) in [7, 11) is 0. The first-order valence-electron chi connectivity index (χ1n) is 0.612. The van der Waals surface area contributed by atoms with Gasteiger partial charge in [-0.05, 0) is 6.16 Å². The van der Waals surface area contributed by atoms with Gasteiger partial charge >= 0.3 is 68.5 Å². The Hall–Kier alpha value is 1.43. The Kier molecular flexibility index (Phi) is 25.2. The van der Waals surface area contributed by atoms with Crippen LogP contribution in [-0.2, 0) is 17.1 Å². The summed E-state index contributed by atoms with van der Waals surface area (Å²) in [6, 6.07) is 0. The van der Waals surface area contributed by atoms with Crippen LogP contribution in [0.4, 0.5) is 4.79 Å². The summed E-state index contributed by atoms with van der Waals surface area (Å²) in [4.78, 5) is 8.33. The molecule has 0 fully saturated rings. The van der Waals surface area contributed by atoms with Gasteiger partial charge in [0, 0.05) is 0 Å². The molecular weight excluding hydrogens is 154 g/mol. The van der Waals surface area contributed by atoms with E-state index in [9.17, 15) is 0 Å². The normalized spacial score (nSPS) is 4.00. The van der Waals surface area contributed by atoms with Crippen molar-refractivity contribution in [1.29, 1.82) is 0 Å². The summed E-state index contributed by atoms with van der Waals surface area (Å²) in [5, 5.41) is 16.7. The predicted octanol–water partition coefficient (Wildman–Crippen LogP) is -5.45. The summed E-state index contributed by atoms with van der Waals surface area (Å²) in [5.41, 5.74) is 0. The van der Waals surface area contributed by atoms with E-state index in [2.05, 4.69) is 0 Å². The molecule has 5 heteroatoms. The van der Waals surface area contributed by atoms with E-state index in [0.29, 0.717) is 0 Å². The molecule has 0 atom stereocenters. The van der Waals surface area contributed by atoms with Crippen molar-refractivity contribution in [1.82, 2.24) is 0 Å². The van der Waals surface area contributed by atoms with E-state index in [1.807, 2.05) is 0 Å². The number of carbonyl (C=O) groups excluding carboxylic acids is 1. The second-order valence-corrected chi connectivity index (χ2v) is 0.250. The van der Waals surface area contributed by atoms with Crippen LogP contribution in [0.3, 0.4) is 0 Å². The average molecular weight is 154 g/mol. The zero-order chi connectivity index (χ0) is 3.58. The minimum Gasteiger partial charge on any atom is -0.652 e. The van der Waals surface area contributed by atoms with Crippen LogP contribution in [0.15, 0.2) is 0 Å². The molecule has 0 bridgehead atoms. The molecule has 0 unspecified atom stereocenters. The van der Waals surface area contributed by atoms with Crippen LogP contribution in [-0.4, -0.2) is 6.16 Å². The van der Waals surface area contributed by atoms with Gasteiger partial charge in [-0.3, -0.25) is 0 Å². The van der Waals surface area contributed by atoms with Crippen LogP contribution in [0.1, 0.15) is 0 Å². The fourth-order valence-electron chi connectivity index (χ4n) is 0. The number of carboxylic acid groups (broad SMARTS) is 2. The quantitative estimate of drug-likeness (QED) is 0.327. The van der Waals surface area contributed by atoms with E-state index >= 15 is 0 Å². The van der Waals surface area contributed by atoms with Crippen LogP contribution in [0.2, 0.25) is 0 Å². The van der Waals surface area contributed by atoms with Crippen molar-refractivity contribution >= 4 is 6.16 Å². The number of hydrogen-bond acceptors (Lipinski definition) is 3. The van der Waals surface area contributed by atoms with Crippen molar-refractivity contribution in [3.63, 3.8) is 0 Å². The monoisotopic (exact) mass is 154 g/mol. The van der Waals surface area contributed by atoms with E-state index in [4.69, 9.17) is 15.0 Å². The number of rotatable bonds is 0. The molecule has 0 saturated carbocycles. The first-order valence-corrected chi connectivity index (χ1v) is 0.612. The maximum Gasteiger partial charge on any atom is 2.00 e. The van der Waals surface area contributed by atoms with E-state index in [1.165, 1.54) is 0 Å². The Morgan fingerprint density at radius 2 is 1.33 bits per heavy atom. The standard InChI is InChI=1S/CH2O3.K.Mn/c2-1(3)4;;/h(H2,2,3,4);;/q;+1;+2/p-2. The molecule has 3 nitrogen and oxygen atoms in total. The fourth-order valence-corrected chi connectivity index (χ4v) is 0. The molecule has 0 aliphatic carbocycles. The minimum absolute atomic E-state index is 0. The molecule has 0 amide bonds. The van der Waals surface area contributed by atoms with Crippen molar-refractivity contribution in [2.45, 2.75) is 0 Å². The molecule has 29 valence electrons. The zero-order valence-electron chi connectivity index (χ0n) is 3.10. The third-order valence-corrected chi connectivity index (χ3v) is 0. The second kappa shape index (κ2) is 9.66. The molecule has 0 N–H and O–H groups in total. The van der Waals surface area contributed by atoms with Crippen molar-refractivity contribution in [2.75, 3.05) is 0 Å². The summed E-state index contributed by atoms with van der Waals surface area (Å²) < 4.78 is 0. The molecule has 0 aromatic rings. The fraction of sp³-hybridized carbons (Fsp3) is 0. The average Bonchev–Trinajstić information content (AvgIpc) is 0.811. The van der Waals surface area contributed by atoms with Gasteiger partial charge < -0.3 is 15.0 Å². The molecule has 0 spiro atoms. The maximum absolute atomic E-state index is 8.33. The van der Waals surface area contributed by atoms with Crippen molar-refractivity contribution in [3.8, 4) is 0 Å². The van der Waals surface area contributed by atoms with Crippen molar-refractivity contribution in [2.24, 2.45) is 0 Å². The van der Waals surface area contributed by atoms with E-state index < -0.39 is 6.16 Å². The Balaban J connectivity index is -0.0000000450. The molecule has 0 saturated heterocycles. The SMILES string of the molecule is O=C([O-])[O-].[K+].[Mn+2]. The third-order valence-electron chi connectivity index (χ3n) is 0. The first kappa shape index (κ1) is 15.7. The van der Waals surface area contributed by atoms with Gasteiger partial charge in [0.05, 0.1) is 0 Å². The molecule has 6 heavy (non-hydrogen) atoms. The zero-order valence-corrected chi connectivity index (χ0v) is 7.41. The maximum atomic E-state index is 8.33. The Morgan fingerprint density at radius 1 is 1.33 bits per heavy atom. The molecular formula is CKMnO3+. The van der Waals surface area contributed by atoms with Gasteiger partial charge in [-0.1, -0.05) is 0 Å². The van der Waals surface area contributed by atoms with E-state index in [-0.39, 0.29) is 68.5 Å². The Morgan fingerprint density at radius 3 is 1.33 bits per heavy atom. The molecule has 0 aromatic heterocycles. The van der Waals surface area contributed by atoms with Gasteiger partial charge in [0.25, 0.3) is 0 Å². The van der Waals surface area contributed by atoms with Crippen LogP contribution >= 0.6 is 0 Å². The Labute approximate surface area is 88.0 Å². The van der Waals surface area contributed by atoms with Crippen LogP contribution < -0.4 is 61.6 Å². The van der Waals surface area contributed by atoms with E-state index in [0.717, 1.165) is 0 Å². The second-order valence-electron chi connectivity index (χ2n) is 0.250. The third kappa shape index (κ3) is 52.3. The molecule has 0 aromatic carbocycles. The molecule has 1 radical (unpaired) electrons. The van der Waals surface area contributed by atoms with E-state index in [1.54, 1.807) is 0 Å². The molecule has 0 aliphatic rings. The summed E-state index contributed by atoms with van der Waals surface area (Å²) in [6.07, 6.45) is -2.33. The van der Waals surface area contributed by atoms with Crippen LogP contribution in [0.5, 0.6) is 0 Å². The summed E-state index contributed by atoms with van der Waals surface area (Å²) in [6.45, 7) is 0. The van der Waals surface area contributed by atoms with Gasteiger partial charge in [0.2, 0.25) is 0 Å². The topological polar surface area (TPSA) is 63.2 Å². The van der Waals surface area contributed by atoms with Crippen LogP contribution in [0.25, 0.3) is 0 Å². The van der Waals surface area contributed by atoms with Crippen molar-refractivity contribution < 1.29 is 83.5 Å². The van der Waals surface area contributed by atoms with Gasteiger partial charge in [0.1, 0.15) is 0 Å². The summed E-state index contributed by atoms with van der Waals surface area (Å²) >= 11 is 0. The molecule has 0 heterocycles. The van der Waals surface area contributed by atoms with Gasteiger partial charge in [-0.25, -0.2) is 0 Å². The number of carbonyl (C=O) groups is 1. The first-order chi connectivity index (χ1) is 1.73. The largest absolute Gasteiger partial charge is 2.00 e. The van der Waals surface area contributed by atoms with Crippen LogP contribution in [0, 0.1) is 0 Å². The number of hydrogen-bond donors (Lipinski definition) is 0. The van der Waals surface area contributed by atoms with Gasteiger partial charge in [0.15, 0.2) is 0 Å². The predicted molar refractivity (Wildman–Crippen MR) is 5.40 cm³/mol. The molecule has 0 aliphatic heterocycles. The molecule has 0 rings (SSSR count). The Bertz CT molecular complexity index is 33.8. The smallest absolute Gasteiger partial charge is 0.652 e. The van der Waals surface area contributed by atoms with Crippen molar-refractivity contribution in [3.05, 3.63) is 0 Å². The minimum atomic E-state index is -2.33. The van der Waals surface area contributed by atoms with Gasteiger partial charge in [-0.15, -0.1) is 0 Å². The summed E-state index contributed by atoms with van der Waals surface area (Å²) in [5.74, 6) is 0. The van der Waals surface area contributed by atoms with Gasteiger partial charge in [-0.2, -0.15) is 0 Å².